The Labute approximate surface area is 222 Å². The van der Waals surface area contributed by atoms with Crippen LogP contribution in [0.4, 0.5) is 11.6 Å². The number of cyclic esters (lactones) is 1. The van der Waals surface area contributed by atoms with E-state index in [1.165, 1.54) is 6.26 Å². The molecule has 0 unspecified atom stereocenters. The van der Waals surface area contributed by atoms with Crippen molar-refractivity contribution in [3.63, 3.8) is 0 Å². The van der Waals surface area contributed by atoms with E-state index in [1.54, 1.807) is 24.5 Å². The van der Waals surface area contributed by atoms with Gasteiger partial charge in [0.2, 0.25) is 5.88 Å². The molecule has 10 nitrogen and oxygen atoms in total. The Balaban J connectivity index is 1.48. The number of nitrogens with zero attached hydrogens (tertiary/aromatic N) is 3. The number of ether oxygens (including phenoxy) is 2. The number of sulfone groups is 1. The number of pyridine rings is 3. The molecule has 3 N–H and O–H groups in total. The molecule has 3 aromatic rings. The summed E-state index contributed by atoms with van der Waals surface area (Å²) in [5.74, 6) is 0.940. The molecule has 38 heavy (non-hydrogen) atoms. The Bertz CT molecular complexity index is 1530. The molecule has 0 amide bonds. The molecule has 1 fully saturated rings. The van der Waals surface area contributed by atoms with Crippen molar-refractivity contribution in [1.82, 2.24) is 15.0 Å². The van der Waals surface area contributed by atoms with Crippen molar-refractivity contribution in [3.05, 3.63) is 47.4 Å². The Morgan fingerprint density at radius 1 is 1.11 bits per heavy atom. The Morgan fingerprint density at radius 3 is 2.50 bits per heavy atom. The SMILES string of the molecule is C[C@H]1[C@H](Oc2ncc(C(C)(C)N)c3cc(Nc4ccc5c(n4)[C@@H](C)[C@H](C)OC5=O)ncc23)C[C@@H]1S(C)(=O)=O. The zero-order chi connectivity index (χ0) is 27.6. The van der Waals surface area contributed by atoms with Crippen LogP contribution < -0.4 is 15.8 Å². The molecule has 0 saturated heterocycles. The molecule has 202 valence electrons. The first-order chi connectivity index (χ1) is 17.7. The molecule has 2 aliphatic rings. The third-order valence-electron chi connectivity index (χ3n) is 7.71. The summed E-state index contributed by atoms with van der Waals surface area (Å²) in [4.78, 5) is 26.1. The van der Waals surface area contributed by atoms with Crippen molar-refractivity contribution in [2.45, 2.75) is 70.0 Å². The first-order valence-corrected chi connectivity index (χ1v) is 14.6. The van der Waals surface area contributed by atoms with Crippen LogP contribution in [0.15, 0.2) is 30.6 Å². The molecule has 3 aromatic heterocycles. The number of esters is 1. The molecule has 0 radical (unpaired) electrons. The van der Waals surface area contributed by atoms with Gasteiger partial charge in [0.15, 0.2) is 9.84 Å². The molecule has 1 saturated carbocycles. The largest absolute Gasteiger partial charge is 0.473 e. The lowest BCUT2D eigenvalue weighted by Gasteiger charge is -2.40. The third kappa shape index (κ3) is 4.69. The fraction of sp³-hybridized carbons (Fsp3) is 0.481. The number of carbonyl (C=O) groups excluding carboxylic acids is 1. The fourth-order valence-electron chi connectivity index (χ4n) is 5.10. The zero-order valence-electron chi connectivity index (χ0n) is 22.3. The van der Waals surface area contributed by atoms with Crippen LogP contribution in [0.25, 0.3) is 10.8 Å². The van der Waals surface area contributed by atoms with Gasteiger partial charge in [-0.3, -0.25) is 0 Å². The summed E-state index contributed by atoms with van der Waals surface area (Å²) in [5, 5.41) is 4.33. The van der Waals surface area contributed by atoms with Gasteiger partial charge >= 0.3 is 5.97 Å². The first kappa shape index (κ1) is 26.3. The van der Waals surface area contributed by atoms with Gasteiger partial charge in [0.1, 0.15) is 23.8 Å². The van der Waals surface area contributed by atoms with Gasteiger partial charge < -0.3 is 20.5 Å². The molecule has 11 heteroatoms. The molecule has 1 aliphatic carbocycles. The van der Waals surface area contributed by atoms with Crippen LogP contribution >= 0.6 is 0 Å². The van der Waals surface area contributed by atoms with Crippen molar-refractivity contribution in [1.29, 1.82) is 0 Å². The predicted molar refractivity (Wildman–Crippen MR) is 144 cm³/mol. The van der Waals surface area contributed by atoms with Crippen LogP contribution in [0.5, 0.6) is 5.88 Å². The van der Waals surface area contributed by atoms with Gasteiger partial charge in [0.05, 0.1) is 21.9 Å². The normalized spacial score (nSPS) is 25.3. The number of aromatic nitrogens is 3. The second-order valence-corrected chi connectivity index (χ2v) is 13.4. The van der Waals surface area contributed by atoms with Crippen LogP contribution in [0.1, 0.15) is 68.6 Å². The highest BCUT2D eigenvalue weighted by atomic mass is 32.2. The maximum absolute atomic E-state index is 12.3. The quantitative estimate of drug-likeness (QED) is 0.443. The topological polar surface area (TPSA) is 146 Å². The highest BCUT2D eigenvalue weighted by Crippen LogP contribution is 2.39. The number of nitrogens with two attached hydrogens (primary N) is 1. The second-order valence-electron chi connectivity index (χ2n) is 11.1. The van der Waals surface area contributed by atoms with Crippen molar-refractivity contribution in [2.24, 2.45) is 11.7 Å². The van der Waals surface area contributed by atoms with E-state index in [9.17, 15) is 13.2 Å². The minimum absolute atomic E-state index is 0.0411. The van der Waals surface area contributed by atoms with E-state index >= 15 is 0 Å². The van der Waals surface area contributed by atoms with E-state index in [0.717, 1.165) is 10.9 Å². The number of hydrogen-bond acceptors (Lipinski definition) is 10. The molecule has 0 aromatic carbocycles. The molecule has 5 atom stereocenters. The summed E-state index contributed by atoms with van der Waals surface area (Å²) in [6.45, 7) is 9.51. The van der Waals surface area contributed by atoms with Gasteiger partial charge in [0, 0.05) is 42.4 Å². The maximum Gasteiger partial charge on any atom is 0.340 e. The molecule has 0 spiro atoms. The van der Waals surface area contributed by atoms with Crippen LogP contribution in [-0.4, -0.2) is 53.1 Å². The number of fused-ring (bicyclic) bond motifs is 2. The summed E-state index contributed by atoms with van der Waals surface area (Å²) in [7, 11) is -3.13. The Kier molecular flexibility index (Phi) is 6.34. The maximum atomic E-state index is 12.3. The average molecular weight is 540 g/mol. The summed E-state index contributed by atoms with van der Waals surface area (Å²) in [5.41, 5.74) is 7.75. The number of carbonyl (C=O) groups is 1. The predicted octanol–water partition coefficient (Wildman–Crippen LogP) is 3.83. The molecule has 0 bridgehead atoms. The number of nitrogens with one attached hydrogen (secondary N) is 1. The highest BCUT2D eigenvalue weighted by molar-refractivity contribution is 7.91. The number of hydrogen-bond donors (Lipinski definition) is 2. The van der Waals surface area contributed by atoms with E-state index in [4.69, 9.17) is 15.2 Å². The first-order valence-electron chi connectivity index (χ1n) is 12.7. The van der Waals surface area contributed by atoms with E-state index in [2.05, 4.69) is 20.3 Å². The van der Waals surface area contributed by atoms with Crippen molar-refractivity contribution < 1.29 is 22.7 Å². The minimum Gasteiger partial charge on any atom is -0.473 e. The standard InChI is InChI=1S/C27H33N5O5S/c1-13-15(3)36-26(33)16-7-8-22(32-24(13)16)31-23-9-17-18(11-29-23)25(30-12-19(17)27(4,5)28)37-20-10-21(14(20)2)38(6,34)35/h7-9,11-15,20-21H,10,28H2,1-6H3,(H,29,31,32)/t13-,14-,15-,20+,21-/m0/s1. The van der Waals surface area contributed by atoms with Gasteiger partial charge in [-0.05, 0) is 49.9 Å². The van der Waals surface area contributed by atoms with E-state index < -0.39 is 20.6 Å². The van der Waals surface area contributed by atoms with Gasteiger partial charge in [-0.25, -0.2) is 28.2 Å². The van der Waals surface area contributed by atoms with Gasteiger partial charge in [-0.1, -0.05) is 13.8 Å². The highest BCUT2D eigenvalue weighted by Gasteiger charge is 2.45. The van der Waals surface area contributed by atoms with Crippen LogP contribution in [0.2, 0.25) is 0 Å². The number of rotatable bonds is 6. The monoisotopic (exact) mass is 539 g/mol. The summed E-state index contributed by atoms with van der Waals surface area (Å²) < 4.78 is 35.5. The minimum atomic E-state index is -3.13. The van der Waals surface area contributed by atoms with Crippen LogP contribution in [-0.2, 0) is 20.1 Å². The van der Waals surface area contributed by atoms with E-state index in [1.807, 2.05) is 40.7 Å². The van der Waals surface area contributed by atoms with Gasteiger partial charge in [0.25, 0.3) is 0 Å². The zero-order valence-corrected chi connectivity index (χ0v) is 23.2. The van der Waals surface area contributed by atoms with Gasteiger partial charge in [-0.2, -0.15) is 0 Å². The molecule has 5 rings (SSSR count). The fourth-order valence-corrected chi connectivity index (χ4v) is 6.60. The lowest BCUT2D eigenvalue weighted by molar-refractivity contribution is 0.0235. The smallest absolute Gasteiger partial charge is 0.340 e. The molecular weight excluding hydrogens is 506 g/mol. The second kappa shape index (κ2) is 9.16. The summed E-state index contributed by atoms with van der Waals surface area (Å²) >= 11 is 0. The van der Waals surface area contributed by atoms with Crippen molar-refractivity contribution >= 4 is 38.2 Å². The van der Waals surface area contributed by atoms with Gasteiger partial charge in [-0.15, -0.1) is 0 Å². The van der Waals surface area contributed by atoms with Crippen LogP contribution in [0.3, 0.4) is 0 Å². The average Bonchev–Trinajstić information content (AvgIpc) is 2.82. The van der Waals surface area contributed by atoms with Crippen molar-refractivity contribution in [2.75, 3.05) is 11.6 Å². The lowest BCUT2D eigenvalue weighted by atomic mass is 9.82. The third-order valence-corrected chi connectivity index (χ3v) is 9.43. The molecular formula is C27H33N5O5S. The summed E-state index contributed by atoms with van der Waals surface area (Å²) in [6.07, 6.45) is 4.55. The molecule has 4 heterocycles. The lowest BCUT2D eigenvalue weighted by Crippen LogP contribution is -2.51. The van der Waals surface area contributed by atoms with Crippen LogP contribution in [0, 0.1) is 5.92 Å². The van der Waals surface area contributed by atoms with E-state index in [-0.39, 0.29) is 30.0 Å². The summed E-state index contributed by atoms with van der Waals surface area (Å²) in [6, 6.07) is 5.31. The van der Waals surface area contributed by atoms with E-state index in [0.29, 0.717) is 40.6 Å². The Morgan fingerprint density at radius 2 is 1.84 bits per heavy atom. The van der Waals surface area contributed by atoms with Crippen molar-refractivity contribution in [3.8, 4) is 5.88 Å². The number of anilines is 2. The Hall–Kier alpha value is -3.31. The molecule has 1 aliphatic heterocycles.